The van der Waals surface area contributed by atoms with Crippen LogP contribution in [0.5, 0.6) is 11.5 Å². The van der Waals surface area contributed by atoms with Crippen molar-refractivity contribution in [3.8, 4) is 22.1 Å². The number of methoxy groups -OCH3 is 1. The molecule has 21 heavy (non-hydrogen) atoms. The predicted octanol–water partition coefficient (Wildman–Crippen LogP) is 3.02. The normalized spacial score (nSPS) is 10.4. The molecule has 0 aliphatic heterocycles. The smallest absolute Gasteiger partial charge is 0.306 e. The van der Waals surface area contributed by atoms with Gasteiger partial charge in [0.15, 0.2) is 11.5 Å². The summed E-state index contributed by atoms with van der Waals surface area (Å²) in [7, 11) is 1.51. The summed E-state index contributed by atoms with van der Waals surface area (Å²) >= 11 is 1.47. The van der Waals surface area contributed by atoms with E-state index in [2.05, 4.69) is 4.98 Å². The van der Waals surface area contributed by atoms with Gasteiger partial charge in [-0.05, 0) is 25.1 Å². The van der Waals surface area contributed by atoms with Crippen LogP contribution in [0.15, 0.2) is 23.6 Å². The number of hydrogen-bond donors (Lipinski definition) is 1. The van der Waals surface area contributed by atoms with E-state index in [1.165, 1.54) is 18.4 Å². The molecule has 0 fully saturated rings. The molecule has 0 atom stereocenters. The number of phenolic OH excluding ortho intramolecular Hbond substituents is 1. The summed E-state index contributed by atoms with van der Waals surface area (Å²) in [5.41, 5.74) is 1.67. The topological polar surface area (TPSA) is 68.7 Å². The number of benzene rings is 1. The van der Waals surface area contributed by atoms with Crippen LogP contribution in [-0.2, 0) is 16.0 Å². The van der Waals surface area contributed by atoms with Crippen LogP contribution in [-0.4, -0.2) is 29.8 Å². The zero-order valence-electron chi connectivity index (χ0n) is 12.0. The van der Waals surface area contributed by atoms with Crippen LogP contribution in [0.1, 0.15) is 19.0 Å². The zero-order chi connectivity index (χ0) is 15.2. The minimum atomic E-state index is -0.214. The third-order valence-electron chi connectivity index (χ3n) is 2.87. The van der Waals surface area contributed by atoms with E-state index in [1.54, 1.807) is 19.1 Å². The van der Waals surface area contributed by atoms with Gasteiger partial charge in [-0.3, -0.25) is 4.79 Å². The molecule has 6 heteroatoms. The monoisotopic (exact) mass is 307 g/mol. The molecule has 112 valence electrons. The first-order chi connectivity index (χ1) is 10.1. The highest BCUT2D eigenvalue weighted by Gasteiger charge is 2.10. The largest absolute Gasteiger partial charge is 0.504 e. The SMILES string of the molecule is CCOC(=O)CCc1csc(-c2ccc(OC)c(O)c2)n1. The minimum absolute atomic E-state index is 0.0817. The summed E-state index contributed by atoms with van der Waals surface area (Å²) in [6.45, 7) is 2.18. The Morgan fingerprint density at radius 2 is 2.24 bits per heavy atom. The van der Waals surface area contributed by atoms with Gasteiger partial charge in [-0.15, -0.1) is 11.3 Å². The van der Waals surface area contributed by atoms with E-state index >= 15 is 0 Å². The number of phenols is 1. The molecule has 0 aliphatic carbocycles. The van der Waals surface area contributed by atoms with E-state index in [-0.39, 0.29) is 11.7 Å². The fraction of sp³-hybridized carbons (Fsp3) is 0.333. The Kier molecular flexibility index (Phi) is 5.16. The lowest BCUT2D eigenvalue weighted by Crippen LogP contribution is -2.05. The highest BCUT2D eigenvalue weighted by molar-refractivity contribution is 7.13. The first-order valence-corrected chi connectivity index (χ1v) is 7.49. The lowest BCUT2D eigenvalue weighted by molar-refractivity contribution is -0.143. The van der Waals surface area contributed by atoms with Crippen LogP contribution >= 0.6 is 11.3 Å². The van der Waals surface area contributed by atoms with E-state index in [1.807, 2.05) is 11.4 Å². The molecule has 1 aromatic heterocycles. The second kappa shape index (κ2) is 7.08. The van der Waals surface area contributed by atoms with Crippen molar-refractivity contribution in [2.45, 2.75) is 19.8 Å². The number of nitrogens with zero attached hydrogens (tertiary/aromatic N) is 1. The van der Waals surface area contributed by atoms with Gasteiger partial charge in [0.05, 0.1) is 25.8 Å². The van der Waals surface area contributed by atoms with Gasteiger partial charge in [-0.25, -0.2) is 4.98 Å². The van der Waals surface area contributed by atoms with Crippen LogP contribution in [0.4, 0.5) is 0 Å². The highest BCUT2D eigenvalue weighted by Crippen LogP contribution is 2.32. The first kappa shape index (κ1) is 15.3. The molecule has 0 saturated heterocycles. The fourth-order valence-electron chi connectivity index (χ4n) is 1.84. The van der Waals surface area contributed by atoms with Gasteiger partial charge < -0.3 is 14.6 Å². The number of ether oxygens (including phenoxy) is 2. The maximum absolute atomic E-state index is 11.3. The van der Waals surface area contributed by atoms with Crippen molar-refractivity contribution in [3.05, 3.63) is 29.3 Å². The molecule has 2 rings (SSSR count). The van der Waals surface area contributed by atoms with E-state index in [0.29, 0.717) is 25.2 Å². The van der Waals surface area contributed by atoms with Gasteiger partial charge in [-0.1, -0.05) is 0 Å². The predicted molar refractivity (Wildman–Crippen MR) is 80.7 cm³/mol. The van der Waals surface area contributed by atoms with Crippen molar-refractivity contribution in [2.24, 2.45) is 0 Å². The van der Waals surface area contributed by atoms with Gasteiger partial charge in [0.1, 0.15) is 5.01 Å². The van der Waals surface area contributed by atoms with E-state index in [4.69, 9.17) is 9.47 Å². The second-order valence-electron chi connectivity index (χ2n) is 4.34. The molecular weight excluding hydrogens is 290 g/mol. The molecular formula is C15H17NO4S. The molecule has 1 aromatic carbocycles. The average molecular weight is 307 g/mol. The van der Waals surface area contributed by atoms with Crippen LogP contribution < -0.4 is 4.74 Å². The van der Waals surface area contributed by atoms with E-state index < -0.39 is 0 Å². The quantitative estimate of drug-likeness (QED) is 0.831. The maximum Gasteiger partial charge on any atom is 0.306 e. The van der Waals surface area contributed by atoms with Gasteiger partial charge in [-0.2, -0.15) is 0 Å². The van der Waals surface area contributed by atoms with Crippen molar-refractivity contribution in [1.82, 2.24) is 4.98 Å². The Morgan fingerprint density at radius 1 is 1.43 bits per heavy atom. The van der Waals surface area contributed by atoms with Crippen molar-refractivity contribution < 1.29 is 19.4 Å². The number of carbonyl (C=O) groups excluding carboxylic acids is 1. The lowest BCUT2D eigenvalue weighted by atomic mass is 10.2. The Hall–Kier alpha value is -2.08. The summed E-state index contributed by atoms with van der Waals surface area (Å²) < 4.78 is 9.90. The number of aromatic nitrogens is 1. The third kappa shape index (κ3) is 3.95. The Balaban J connectivity index is 2.05. The van der Waals surface area contributed by atoms with Crippen LogP contribution in [0, 0.1) is 0 Å². The molecule has 0 aliphatic rings. The molecule has 0 bridgehead atoms. The van der Waals surface area contributed by atoms with Crippen LogP contribution in [0.3, 0.4) is 0 Å². The number of carbonyl (C=O) groups is 1. The number of aromatic hydroxyl groups is 1. The van der Waals surface area contributed by atoms with Crippen LogP contribution in [0.2, 0.25) is 0 Å². The molecule has 0 spiro atoms. The Bertz CT molecular complexity index is 624. The number of hydrogen-bond acceptors (Lipinski definition) is 6. The third-order valence-corrected chi connectivity index (χ3v) is 3.81. The molecule has 0 saturated carbocycles. The van der Waals surface area contributed by atoms with Crippen molar-refractivity contribution in [3.63, 3.8) is 0 Å². The minimum Gasteiger partial charge on any atom is -0.504 e. The van der Waals surface area contributed by atoms with Crippen molar-refractivity contribution in [2.75, 3.05) is 13.7 Å². The molecule has 0 radical (unpaired) electrons. The van der Waals surface area contributed by atoms with Gasteiger partial charge in [0, 0.05) is 17.4 Å². The van der Waals surface area contributed by atoms with E-state index in [0.717, 1.165) is 16.3 Å². The molecule has 5 nitrogen and oxygen atoms in total. The molecule has 0 amide bonds. The zero-order valence-corrected chi connectivity index (χ0v) is 12.8. The van der Waals surface area contributed by atoms with Gasteiger partial charge in [0.2, 0.25) is 0 Å². The summed E-state index contributed by atoms with van der Waals surface area (Å²) in [6, 6.07) is 5.16. The van der Waals surface area contributed by atoms with E-state index in [9.17, 15) is 9.90 Å². The molecule has 0 unspecified atom stereocenters. The second-order valence-corrected chi connectivity index (χ2v) is 5.19. The molecule has 2 aromatic rings. The highest BCUT2D eigenvalue weighted by atomic mass is 32.1. The van der Waals surface area contributed by atoms with Crippen molar-refractivity contribution >= 4 is 17.3 Å². The standard InChI is InChI=1S/C15H17NO4S/c1-3-20-14(18)7-5-11-9-21-15(16-11)10-4-6-13(19-2)12(17)8-10/h4,6,8-9,17H,3,5,7H2,1-2H3. The number of thiazole rings is 1. The Morgan fingerprint density at radius 3 is 2.90 bits per heavy atom. The number of esters is 1. The maximum atomic E-state index is 11.3. The van der Waals surface area contributed by atoms with Gasteiger partial charge in [0.25, 0.3) is 0 Å². The first-order valence-electron chi connectivity index (χ1n) is 6.61. The van der Waals surface area contributed by atoms with Crippen molar-refractivity contribution in [1.29, 1.82) is 0 Å². The van der Waals surface area contributed by atoms with Crippen LogP contribution in [0.25, 0.3) is 10.6 Å². The summed E-state index contributed by atoms with van der Waals surface area (Å²) in [6.07, 6.45) is 0.877. The fourth-order valence-corrected chi connectivity index (χ4v) is 2.69. The number of rotatable bonds is 6. The average Bonchev–Trinajstić information content (AvgIpc) is 2.94. The summed E-state index contributed by atoms with van der Waals surface area (Å²) in [4.78, 5) is 15.8. The summed E-state index contributed by atoms with van der Waals surface area (Å²) in [5.74, 6) is 0.297. The molecule has 1 heterocycles. The Labute approximate surface area is 127 Å². The molecule has 1 N–H and O–H groups in total. The summed E-state index contributed by atoms with van der Waals surface area (Å²) in [5, 5.41) is 12.5. The van der Waals surface area contributed by atoms with Gasteiger partial charge >= 0.3 is 5.97 Å². The number of aryl methyl sites for hydroxylation is 1. The lowest BCUT2D eigenvalue weighted by Gasteiger charge is -2.04.